The Bertz CT molecular complexity index is 784. The standard InChI is InChI=1S/C19H20FN3O/c1-3-14-5-4-6-17(18(14)20)16-11-21-19(22-12-16)15-7-9-23(10-8-15)13(2)24/h4-7,11-12H,3,8-10H2,1-2H3. The Hall–Kier alpha value is -2.56. The van der Waals surface area contributed by atoms with E-state index in [9.17, 15) is 9.18 Å². The number of halogens is 1. The molecule has 0 bridgehead atoms. The Morgan fingerprint density at radius 1 is 1.29 bits per heavy atom. The van der Waals surface area contributed by atoms with Gasteiger partial charge in [-0.1, -0.05) is 31.2 Å². The molecule has 0 saturated carbocycles. The van der Waals surface area contributed by atoms with Crippen LogP contribution in [-0.2, 0) is 11.2 Å². The van der Waals surface area contributed by atoms with Crippen LogP contribution >= 0.6 is 0 Å². The van der Waals surface area contributed by atoms with Crippen LogP contribution < -0.4 is 0 Å². The molecular formula is C19H20FN3O. The molecule has 124 valence electrons. The van der Waals surface area contributed by atoms with Crippen molar-refractivity contribution < 1.29 is 9.18 Å². The average Bonchev–Trinajstić information content (AvgIpc) is 2.62. The molecule has 1 aliphatic heterocycles. The lowest BCUT2D eigenvalue weighted by Gasteiger charge is -2.24. The molecule has 0 saturated heterocycles. The highest BCUT2D eigenvalue weighted by molar-refractivity contribution is 5.75. The summed E-state index contributed by atoms with van der Waals surface area (Å²) in [6.45, 7) is 4.77. The molecule has 5 heteroatoms. The minimum Gasteiger partial charge on any atom is -0.339 e. The van der Waals surface area contributed by atoms with Gasteiger partial charge in [-0.2, -0.15) is 0 Å². The van der Waals surface area contributed by atoms with Crippen molar-refractivity contribution in [2.24, 2.45) is 0 Å². The zero-order chi connectivity index (χ0) is 17.1. The molecule has 0 spiro atoms. The highest BCUT2D eigenvalue weighted by Gasteiger charge is 2.17. The van der Waals surface area contributed by atoms with Crippen molar-refractivity contribution in [2.75, 3.05) is 13.1 Å². The minimum absolute atomic E-state index is 0.0767. The Morgan fingerprint density at radius 3 is 2.62 bits per heavy atom. The first-order valence-electron chi connectivity index (χ1n) is 8.15. The number of aromatic nitrogens is 2. The van der Waals surface area contributed by atoms with Gasteiger partial charge in [-0.15, -0.1) is 0 Å². The van der Waals surface area contributed by atoms with E-state index in [1.807, 2.05) is 19.1 Å². The molecule has 0 aliphatic carbocycles. The summed E-state index contributed by atoms with van der Waals surface area (Å²) in [7, 11) is 0. The number of carbonyl (C=O) groups excluding carboxylic acids is 1. The number of nitrogens with zero attached hydrogens (tertiary/aromatic N) is 3. The second kappa shape index (κ2) is 6.91. The molecular weight excluding hydrogens is 305 g/mol. The maximum Gasteiger partial charge on any atom is 0.219 e. The number of aryl methyl sites for hydroxylation is 1. The van der Waals surface area contributed by atoms with Gasteiger partial charge in [0.1, 0.15) is 5.82 Å². The van der Waals surface area contributed by atoms with Gasteiger partial charge in [-0.3, -0.25) is 4.79 Å². The van der Waals surface area contributed by atoms with E-state index in [1.54, 1.807) is 36.4 Å². The largest absolute Gasteiger partial charge is 0.339 e. The van der Waals surface area contributed by atoms with Crippen molar-refractivity contribution >= 4 is 11.5 Å². The van der Waals surface area contributed by atoms with E-state index in [-0.39, 0.29) is 11.7 Å². The van der Waals surface area contributed by atoms with Crippen molar-refractivity contribution in [3.63, 3.8) is 0 Å². The summed E-state index contributed by atoms with van der Waals surface area (Å²) in [5.41, 5.74) is 2.92. The van der Waals surface area contributed by atoms with E-state index in [4.69, 9.17) is 0 Å². The van der Waals surface area contributed by atoms with Gasteiger partial charge >= 0.3 is 0 Å². The van der Waals surface area contributed by atoms with E-state index in [0.29, 0.717) is 42.0 Å². The number of hydrogen-bond donors (Lipinski definition) is 0. The van der Waals surface area contributed by atoms with Gasteiger partial charge in [0.25, 0.3) is 0 Å². The third-order valence-electron chi connectivity index (χ3n) is 4.36. The van der Waals surface area contributed by atoms with Crippen molar-refractivity contribution in [1.29, 1.82) is 0 Å². The van der Waals surface area contributed by atoms with Crippen molar-refractivity contribution in [3.05, 3.63) is 53.9 Å². The zero-order valence-corrected chi connectivity index (χ0v) is 13.9. The maximum atomic E-state index is 14.4. The lowest BCUT2D eigenvalue weighted by Crippen LogP contribution is -2.32. The molecule has 3 rings (SSSR count). The van der Waals surface area contributed by atoms with Crippen molar-refractivity contribution in [1.82, 2.24) is 14.9 Å². The fourth-order valence-corrected chi connectivity index (χ4v) is 2.87. The van der Waals surface area contributed by atoms with Gasteiger partial charge in [0.15, 0.2) is 5.82 Å². The lowest BCUT2D eigenvalue weighted by molar-refractivity contribution is -0.128. The first kappa shape index (κ1) is 16.3. The normalized spacial score (nSPS) is 14.5. The summed E-state index contributed by atoms with van der Waals surface area (Å²) in [4.78, 5) is 21.9. The van der Waals surface area contributed by atoms with Gasteiger partial charge in [-0.25, -0.2) is 14.4 Å². The topological polar surface area (TPSA) is 46.1 Å². The Labute approximate surface area is 141 Å². The highest BCUT2D eigenvalue weighted by Crippen LogP contribution is 2.26. The molecule has 2 heterocycles. The van der Waals surface area contributed by atoms with Crippen LogP contribution in [0, 0.1) is 5.82 Å². The molecule has 4 nitrogen and oxygen atoms in total. The third-order valence-corrected chi connectivity index (χ3v) is 4.36. The molecule has 1 amide bonds. The molecule has 1 aliphatic rings. The first-order chi connectivity index (χ1) is 11.6. The second-order valence-corrected chi connectivity index (χ2v) is 5.87. The molecule has 24 heavy (non-hydrogen) atoms. The highest BCUT2D eigenvalue weighted by atomic mass is 19.1. The quantitative estimate of drug-likeness (QED) is 0.868. The number of benzene rings is 1. The minimum atomic E-state index is -0.203. The van der Waals surface area contributed by atoms with Crippen LogP contribution in [0.3, 0.4) is 0 Å². The van der Waals surface area contributed by atoms with Gasteiger partial charge in [0.05, 0.1) is 0 Å². The van der Waals surface area contributed by atoms with Crippen molar-refractivity contribution in [2.45, 2.75) is 26.7 Å². The van der Waals surface area contributed by atoms with E-state index >= 15 is 0 Å². The fraction of sp³-hybridized carbons (Fsp3) is 0.316. The lowest BCUT2D eigenvalue weighted by atomic mass is 10.0. The van der Waals surface area contributed by atoms with Crippen LogP contribution in [0.25, 0.3) is 16.7 Å². The smallest absolute Gasteiger partial charge is 0.219 e. The summed E-state index contributed by atoms with van der Waals surface area (Å²) in [5.74, 6) is 0.521. The van der Waals surface area contributed by atoms with E-state index in [1.165, 1.54) is 0 Å². The Balaban J connectivity index is 1.83. The van der Waals surface area contributed by atoms with Gasteiger partial charge in [0.2, 0.25) is 5.91 Å². The molecule has 0 N–H and O–H groups in total. The van der Waals surface area contributed by atoms with E-state index in [0.717, 1.165) is 12.0 Å². The number of carbonyl (C=O) groups is 1. The number of hydrogen-bond acceptors (Lipinski definition) is 3. The molecule has 1 aromatic carbocycles. The molecule has 2 aromatic rings. The second-order valence-electron chi connectivity index (χ2n) is 5.87. The van der Waals surface area contributed by atoms with E-state index in [2.05, 4.69) is 9.97 Å². The van der Waals surface area contributed by atoms with Crippen LogP contribution in [0.4, 0.5) is 4.39 Å². The molecule has 0 atom stereocenters. The first-order valence-corrected chi connectivity index (χ1v) is 8.15. The monoisotopic (exact) mass is 325 g/mol. The van der Waals surface area contributed by atoms with Crippen LogP contribution in [0.2, 0.25) is 0 Å². The summed E-state index contributed by atoms with van der Waals surface area (Å²) >= 11 is 0. The predicted octanol–water partition coefficient (Wildman–Crippen LogP) is 3.48. The summed E-state index contributed by atoms with van der Waals surface area (Å²) in [6.07, 6.45) is 6.70. The number of rotatable bonds is 3. The van der Waals surface area contributed by atoms with Gasteiger partial charge in [-0.05, 0) is 24.0 Å². The van der Waals surface area contributed by atoms with Crippen LogP contribution in [0.1, 0.15) is 31.7 Å². The fourth-order valence-electron chi connectivity index (χ4n) is 2.87. The Kier molecular flexibility index (Phi) is 4.69. The van der Waals surface area contributed by atoms with Crippen LogP contribution in [0.15, 0.2) is 36.7 Å². The van der Waals surface area contributed by atoms with E-state index < -0.39 is 0 Å². The molecule has 1 aromatic heterocycles. The summed E-state index contributed by atoms with van der Waals surface area (Å²) < 4.78 is 14.4. The van der Waals surface area contributed by atoms with Gasteiger partial charge in [0, 0.05) is 43.5 Å². The van der Waals surface area contributed by atoms with Crippen molar-refractivity contribution in [3.8, 4) is 11.1 Å². The van der Waals surface area contributed by atoms with Crippen LogP contribution in [0.5, 0.6) is 0 Å². The zero-order valence-electron chi connectivity index (χ0n) is 13.9. The molecule has 0 radical (unpaired) electrons. The van der Waals surface area contributed by atoms with Gasteiger partial charge < -0.3 is 4.90 Å². The third kappa shape index (κ3) is 3.20. The summed E-state index contributed by atoms with van der Waals surface area (Å²) in [6, 6.07) is 5.39. The average molecular weight is 325 g/mol. The predicted molar refractivity (Wildman–Crippen MR) is 91.7 cm³/mol. The molecule has 0 fully saturated rings. The molecule has 0 unspecified atom stereocenters. The van der Waals surface area contributed by atoms with Crippen LogP contribution in [-0.4, -0.2) is 33.9 Å². The summed E-state index contributed by atoms with van der Waals surface area (Å²) in [5, 5.41) is 0. The number of amides is 1. The Morgan fingerprint density at radius 2 is 2.04 bits per heavy atom. The maximum absolute atomic E-state index is 14.4. The SMILES string of the molecule is CCc1cccc(-c2cnc(C3=CCN(C(C)=O)CC3)nc2)c1F.